The van der Waals surface area contributed by atoms with Crippen molar-refractivity contribution in [1.29, 1.82) is 0 Å². The minimum absolute atomic E-state index is 0. The molecule has 0 unspecified atom stereocenters. The number of hydrogen-bond acceptors (Lipinski definition) is 2. The van der Waals surface area contributed by atoms with Gasteiger partial charge in [-0.25, -0.2) is 4.37 Å². The van der Waals surface area contributed by atoms with Crippen LogP contribution in [0.3, 0.4) is 0 Å². The maximum absolute atomic E-state index is 3.76. The lowest BCUT2D eigenvalue weighted by molar-refractivity contribution is 0.398. The Morgan fingerprint density at radius 1 is 1.21 bits per heavy atom. The molecule has 0 aliphatic heterocycles. The predicted octanol–water partition coefficient (Wildman–Crippen LogP) is 5.25. The fraction of sp³-hybridized carbons (Fsp3) is 0.750. The van der Waals surface area contributed by atoms with E-state index in [1.54, 1.807) is 6.20 Å². The Bertz CT molecular complexity index is 134. The van der Waals surface area contributed by atoms with Gasteiger partial charge >= 0.3 is 0 Å². The van der Waals surface area contributed by atoms with Gasteiger partial charge in [-0.05, 0) is 23.0 Å². The molecule has 0 aliphatic carbocycles. The summed E-state index contributed by atoms with van der Waals surface area (Å²) in [6.07, 6.45) is 3.04. The third kappa shape index (κ3) is 22.6. The van der Waals surface area contributed by atoms with Gasteiger partial charge in [-0.3, -0.25) is 0 Å². The molecule has 0 aliphatic rings. The molecule has 86 valence electrons. The predicted molar refractivity (Wildman–Crippen MR) is 69.9 cm³/mol. The second-order valence-corrected chi connectivity index (χ2v) is 4.30. The van der Waals surface area contributed by atoms with Crippen molar-refractivity contribution in [1.82, 2.24) is 4.37 Å². The van der Waals surface area contributed by atoms with E-state index in [1.807, 2.05) is 25.3 Å². The second kappa shape index (κ2) is 12.6. The highest BCUT2D eigenvalue weighted by Gasteiger charge is 2.03. The van der Waals surface area contributed by atoms with Gasteiger partial charge in [0.25, 0.3) is 0 Å². The number of hydrogen-bond donors (Lipinski definition) is 0. The molecule has 0 saturated carbocycles. The lowest BCUT2D eigenvalue weighted by Gasteiger charge is -2.12. The standard InChI is InChI=1S/C6H14.C3H3NS.C2H6.CH4/c1-5-6(2,3)4;1-2-4-5-3-1;1-2;/h5H2,1-4H3;1-3H;1-2H3;1H4. The van der Waals surface area contributed by atoms with Gasteiger partial charge in [-0.1, -0.05) is 55.4 Å². The molecule has 0 spiro atoms. The van der Waals surface area contributed by atoms with Crippen LogP contribution in [0.2, 0.25) is 0 Å². The second-order valence-electron chi connectivity index (χ2n) is 3.60. The van der Waals surface area contributed by atoms with Crippen LogP contribution >= 0.6 is 11.5 Å². The van der Waals surface area contributed by atoms with Crippen molar-refractivity contribution in [2.75, 3.05) is 0 Å². The van der Waals surface area contributed by atoms with Crippen LogP contribution in [0.5, 0.6) is 0 Å². The van der Waals surface area contributed by atoms with Crippen molar-refractivity contribution >= 4 is 11.5 Å². The molecule has 0 bridgehead atoms. The molecule has 0 N–H and O–H groups in total. The number of aromatic nitrogens is 1. The van der Waals surface area contributed by atoms with E-state index in [4.69, 9.17) is 0 Å². The van der Waals surface area contributed by atoms with Crippen molar-refractivity contribution in [3.05, 3.63) is 17.6 Å². The van der Waals surface area contributed by atoms with Gasteiger partial charge in [0.2, 0.25) is 0 Å². The van der Waals surface area contributed by atoms with Crippen LogP contribution < -0.4 is 0 Å². The lowest BCUT2D eigenvalue weighted by atomic mass is 9.94. The Labute approximate surface area is 94.7 Å². The summed E-state index contributed by atoms with van der Waals surface area (Å²) < 4.78 is 3.76. The van der Waals surface area contributed by atoms with E-state index in [9.17, 15) is 0 Å². The van der Waals surface area contributed by atoms with Crippen LogP contribution in [0.15, 0.2) is 17.6 Å². The first-order chi connectivity index (χ1) is 6.06. The van der Waals surface area contributed by atoms with E-state index in [-0.39, 0.29) is 7.43 Å². The van der Waals surface area contributed by atoms with Crippen molar-refractivity contribution in [2.24, 2.45) is 5.41 Å². The molecule has 0 aromatic carbocycles. The quantitative estimate of drug-likeness (QED) is 0.578. The van der Waals surface area contributed by atoms with Crippen LogP contribution in [0.25, 0.3) is 0 Å². The van der Waals surface area contributed by atoms with Gasteiger partial charge in [-0.2, -0.15) is 0 Å². The van der Waals surface area contributed by atoms with Gasteiger partial charge < -0.3 is 0 Å². The summed E-state index contributed by atoms with van der Waals surface area (Å²) in [5, 5.41) is 1.93. The highest BCUT2D eigenvalue weighted by molar-refractivity contribution is 7.03. The summed E-state index contributed by atoms with van der Waals surface area (Å²) in [4.78, 5) is 0. The summed E-state index contributed by atoms with van der Waals surface area (Å²) in [5.74, 6) is 0. The minimum Gasteiger partial charge on any atom is -0.201 e. The Kier molecular flexibility index (Phi) is 17.4. The summed E-state index contributed by atoms with van der Waals surface area (Å²) in [5.41, 5.74) is 0.542. The molecule has 1 rings (SSSR count). The molecule has 0 fully saturated rings. The van der Waals surface area contributed by atoms with Gasteiger partial charge in [0.15, 0.2) is 0 Å². The first-order valence-electron chi connectivity index (χ1n) is 4.90. The van der Waals surface area contributed by atoms with E-state index in [0.29, 0.717) is 5.41 Å². The Hall–Kier alpha value is -0.370. The smallest absolute Gasteiger partial charge is 0.0406 e. The summed E-state index contributed by atoms with van der Waals surface area (Å²) in [6.45, 7) is 12.9. The van der Waals surface area contributed by atoms with Crippen LogP contribution in [0.4, 0.5) is 0 Å². The highest BCUT2D eigenvalue weighted by atomic mass is 32.1. The Balaban J connectivity index is -0.000000139. The Morgan fingerprint density at radius 2 is 1.64 bits per heavy atom. The molecule has 1 nitrogen and oxygen atoms in total. The average Bonchev–Trinajstić information content (AvgIpc) is 2.64. The third-order valence-corrected chi connectivity index (χ3v) is 1.93. The van der Waals surface area contributed by atoms with Crippen molar-refractivity contribution in [2.45, 2.75) is 55.4 Å². The van der Waals surface area contributed by atoms with Crippen LogP contribution in [0.1, 0.15) is 55.4 Å². The van der Waals surface area contributed by atoms with E-state index in [1.165, 1.54) is 18.0 Å². The molecular formula is C12H27NS. The van der Waals surface area contributed by atoms with E-state index in [0.717, 1.165) is 0 Å². The number of nitrogens with zero attached hydrogens (tertiary/aromatic N) is 1. The van der Waals surface area contributed by atoms with E-state index >= 15 is 0 Å². The summed E-state index contributed by atoms with van der Waals surface area (Å²) >= 11 is 1.46. The van der Waals surface area contributed by atoms with Crippen LogP contribution in [-0.2, 0) is 0 Å². The first-order valence-corrected chi connectivity index (χ1v) is 5.74. The zero-order chi connectivity index (χ0) is 10.7. The first kappa shape index (κ1) is 19.2. The molecule has 2 heteroatoms. The van der Waals surface area contributed by atoms with E-state index < -0.39 is 0 Å². The van der Waals surface area contributed by atoms with Crippen LogP contribution in [-0.4, -0.2) is 4.37 Å². The lowest BCUT2D eigenvalue weighted by Crippen LogP contribution is -2.00. The van der Waals surface area contributed by atoms with Gasteiger partial charge in [0, 0.05) is 11.6 Å². The molecule has 0 saturated heterocycles. The zero-order valence-electron chi connectivity index (χ0n) is 9.79. The molecule has 1 aromatic heterocycles. The molecule has 0 atom stereocenters. The SMILES string of the molecule is C.CC.CCC(C)(C)C.c1cnsc1. The monoisotopic (exact) mass is 217 g/mol. The maximum Gasteiger partial charge on any atom is 0.0406 e. The van der Waals surface area contributed by atoms with Gasteiger partial charge in [0.05, 0.1) is 0 Å². The van der Waals surface area contributed by atoms with Crippen molar-refractivity contribution < 1.29 is 0 Å². The van der Waals surface area contributed by atoms with Crippen LogP contribution in [0, 0.1) is 5.41 Å². The van der Waals surface area contributed by atoms with E-state index in [2.05, 4.69) is 32.1 Å². The normalized spacial score (nSPS) is 8.43. The fourth-order valence-electron chi connectivity index (χ4n) is 0.176. The molecular weight excluding hydrogens is 190 g/mol. The number of rotatable bonds is 0. The molecule has 0 amide bonds. The zero-order valence-corrected chi connectivity index (χ0v) is 10.6. The van der Waals surface area contributed by atoms with Crippen molar-refractivity contribution in [3.63, 3.8) is 0 Å². The molecule has 1 heterocycles. The highest BCUT2D eigenvalue weighted by Crippen LogP contribution is 2.16. The minimum atomic E-state index is 0. The van der Waals surface area contributed by atoms with Crippen molar-refractivity contribution in [3.8, 4) is 0 Å². The van der Waals surface area contributed by atoms with Gasteiger partial charge in [-0.15, -0.1) is 0 Å². The fourth-order valence-corrected chi connectivity index (χ4v) is 0.527. The molecule has 1 aromatic rings. The average molecular weight is 217 g/mol. The molecule has 0 radical (unpaired) electrons. The topological polar surface area (TPSA) is 12.9 Å². The largest absolute Gasteiger partial charge is 0.201 e. The maximum atomic E-state index is 3.76. The van der Waals surface area contributed by atoms with Gasteiger partial charge in [0.1, 0.15) is 0 Å². The third-order valence-electron chi connectivity index (χ3n) is 1.41. The summed E-state index contributed by atoms with van der Waals surface area (Å²) in [7, 11) is 0. The Morgan fingerprint density at radius 3 is 1.71 bits per heavy atom. The summed E-state index contributed by atoms with van der Waals surface area (Å²) in [6, 6.07) is 1.91. The molecule has 14 heavy (non-hydrogen) atoms.